The molecular weight excluding hydrogens is 292 g/mol. The van der Waals surface area contributed by atoms with Gasteiger partial charge in [-0.3, -0.25) is 0 Å². The number of hydrogen-bond acceptors (Lipinski definition) is 3. The number of carbonyl (C=O) groups is 1. The second-order valence-corrected chi connectivity index (χ2v) is 7.03. The monoisotopic (exact) mass is 316 g/mol. The second kappa shape index (κ2) is 5.95. The van der Waals surface area contributed by atoms with Gasteiger partial charge in [-0.05, 0) is 55.2 Å². The van der Waals surface area contributed by atoms with Crippen LogP contribution in [0.2, 0.25) is 0 Å². The quantitative estimate of drug-likeness (QED) is 0.898. The van der Waals surface area contributed by atoms with E-state index in [0.29, 0.717) is 25.1 Å². The molecule has 2 amide bonds. The van der Waals surface area contributed by atoms with Gasteiger partial charge in [0.1, 0.15) is 6.10 Å². The maximum atomic E-state index is 11.2. The first-order valence-electron chi connectivity index (χ1n) is 8.59. The smallest absolute Gasteiger partial charge is 0.314 e. The average Bonchev–Trinajstić information content (AvgIpc) is 3.18. The molecule has 2 saturated carbocycles. The zero-order valence-electron chi connectivity index (χ0n) is 13.5. The van der Waals surface area contributed by atoms with Crippen LogP contribution in [0.25, 0.3) is 0 Å². The van der Waals surface area contributed by atoms with E-state index < -0.39 is 0 Å². The van der Waals surface area contributed by atoms with Crippen molar-refractivity contribution in [1.82, 2.24) is 10.6 Å². The maximum Gasteiger partial charge on any atom is 0.314 e. The third-order valence-electron chi connectivity index (χ3n) is 5.63. The van der Waals surface area contributed by atoms with E-state index in [2.05, 4.69) is 22.8 Å². The minimum atomic E-state index is -0.0896. The van der Waals surface area contributed by atoms with Crippen molar-refractivity contribution in [2.24, 2.45) is 11.8 Å². The molecule has 2 bridgehead atoms. The van der Waals surface area contributed by atoms with Crippen LogP contribution in [-0.2, 0) is 0 Å². The fraction of sp³-hybridized carbons (Fsp3) is 0.611. The van der Waals surface area contributed by atoms with Crippen molar-refractivity contribution in [3.63, 3.8) is 0 Å². The summed E-state index contributed by atoms with van der Waals surface area (Å²) >= 11 is 0. The Morgan fingerprint density at radius 1 is 1.09 bits per heavy atom. The molecule has 124 valence electrons. The first-order chi connectivity index (χ1) is 11.2. The number of benzene rings is 1. The van der Waals surface area contributed by atoms with Crippen LogP contribution < -0.4 is 20.1 Å². The fourth-order valence-corrected chi connectivity index (χ4v) is 4.34. The van der Waals surface area contributed by atoms with Gasteiger partial charge in [-0.1, -0.05) is 6.07 Å². The van der Waals surface area contributed by atoms with Crippen molar-refractivity contribution >= 4 is 6.03 Å². The van der Waals surface area contributed by atoms with Crippen LogP contribution in [0.5, 0.6) is 11.5 Å². The zero-order chi connectivity index (χ0) is 15.8. The van der Waals surface area contributed by atoms with E-state index in [0.717, 1.165) is 17.4 Å². The Bertz CT molecular complexity index is 594. The predicted molar refractivity (Wildman–Crippen MR) is 87.0 cm³/mol. The number of methoxy groups -OCH3 is 1. The van der Waals surface area contributed by atoms with Crippen molar-refractivity contribution in [3.8, 4) is 11.5 Å². The summed E-state index contributed by atoms with van der Waals surface area (Å²) in [7, 11) is 1.69. The number of ether oxygens (including phenoxy) is 2. The fourth-order valence-electron chi connectivity index (χ4n) is 4.34. The van der Waals surface area contributed by atoms with Crippen molar-refractivity contribution in [1.29, 1.82) is 0 Å². The van der Waals surface area contributed by atoms with Gasteiger partial charge >= 0.3 is 6.03 Å². The summed E-state index contributed by atoms with van der Waals surface area (Å²) in [4.78, 5) is 11.2. The minimum Gasteiger partial charge on any atom is -0.493 e. The van der Waals surface area contributed by atoms with Crippen molar-refractivity contribution in [3.05, 3.63) is 23.8 Å². The molecule has 1 aromatic rings. The van der Waals surface area contributed by atoms with E-state index in [1.54, 1.807) is 7.11 Å². The molecule has 0 radical (unpaired) electrons. The van der Waals surface area contributed by atoms with Gasteiger partial charge in [0.05, 0.1) is 7.11 Å². The lowest BCUT2D eigenvalue weighted by atomic mass is 9.96. The van der Waals surface area contributed by atoms with Gasteiger partial charge in [-0.2, -0.15) is 0 Å². The van der Waals surface area contributed by atoms with Crippen LogP contribution >= 0.6 is 0 Å². The van der Waals surface area contributed by atoms with Gasteiger partial charge < -0.3 is 20.1 Å². The Balaban J connectivity index is 1.52. The number of fused-ring (bicyclic) bond motifs is 2. The molecule has 1 saturated heterocycles. The van der Waals surface area contributed by atoms with Gasteiger partial charge in [-0.15, -0.1) is 0 Å². The Morgan fingerprint density at radius 2 is 1.91 bits per heavy atom. The Kier molecular flexibility index (Phi) is 3.79. The summed E-state index contributed by atoms with van der Waals surface area (Å²) in [6.45, 7) is 1.32. The minimum absolute atomic E-state index is 0.0896. The highest BCUT2D eigenvalue weighted by Gasteiger charge is 2.41. The van der Waals surface area contributed by atoms with E-state index in [1.807, 2.05) is 6.07 Å². The van der Waals surface area contributed by atoms with E-state index >= 15 is 0 Å². The summed E-state index contributed by atoms with van der Waals surface area (Å²) < 4.78 is 11.8. The standard InChI is InChI=1S/C18H24N2O3/c1-22-15-5-4-12(14-9-19-18(21)20-10-14)8-17(15)23-16-7-11-2-3-13(16)6-11/h4-5,8,11,13-14,16H,2-3,6-7,9-10H2,1H3,(H2,19,20,21)/t11-,13?,16+/m1/s1. The molecule has 1 unspecified atom stereocenters. The van der Waals surface area contributed by atoms with Gasteiger partial charge in [0, 0.05) is 19.0 Å². The average molecular weight is 316 g/mol. The van der Waals surface area contributed by atoms with E-state index in [1.165, 1.54) is 31.2 Å². The van der Waals surface area contributed by atoms with E-state index in [4.69, 9.17) is 9.47 Å². The van der Waals surface area contributed by atoms with Gasteiger partial charge in [0.15, 0.2) is 11.5 Å². The molecule has 3 atom stereocenters. The molecule has 1 aromatic carbocycles. The molecule has 0 spiro atoms. The van der Waals surface area contributed by atoms with Crippen molar-refractivity contribution in [2.45, 2.75) is 37.7 Å². The molecule has 3 fully saturated rings. The lowest BCUT2D eigenvalue weighted by Crippen LogP contribution is -2.47. The van der Waals surface area contributed by atoms with Crippen LogP contribution in [0.1, 0.15) is 37.2 Å². The maximum absolute atomic E-state index is 11.2. The topological polar surface area (TPSA) is 59.6 Å². The number of urea groups is 1. The predicted octanol–water partition coefficient (Wildman–Crippen LogP) is 2.66. The van der Waals surface area contributed by atoms with E-state index in [-0.39, 0.29) is 11.9 Å². The third kappa shape index (κ3) is 2.84. The highest BCUT2D eigenvalue weighted by Crippen LogP contribution is 2.47. The van der Waals surface area contributed by atoms with E-state index in [9.17, 15) is 4.79 Å². The molecule has 2 N–H and O–H groups in total. The third-order valence-corrected chi connectivity index (χ3v) is 5.63. The Labute approximate surface area is 136 Å². The molecule has 1 aliphatic heterocycles. The van der Waals surface area contributed by atoms with Gasteiger partial charge in [0.25, 0.3) is 0 Å². The van der Waals surface area contributed by atoms with Crippen LogP contribution in [0.3, 0.4) is 0 Å². The van der Waals surface area contributed by atoms with Crippen LogP contribution in [-0.4, -0.2) is 32.3 Å². The van der Waals surface area contributed by atoms with Crippen LogP contribution in [0.15, 0.2) is 18.2 Å². The summed E-state index contributed by atoms with van der Waals surface area (Å²) in [5.41, 5.74) is 1.18. The lowest BCUT2D eigenvalue weighted by Gasteiger charge is -2.27. The van der Waals surface area contributed by atoms with Crippen molar-refractivity contribution in [2.75, 3.05) is 20.2 Å². The van der Waals surface area contributed by atoms with Crippen LogP contribution in [0, 0.1) is 11.8 Å². The number of nitrogens with one attached hydrogen (secondary N) is 2. The Hall–Kier alpha value is -1.91. The molecule has 1 heterocycles. The molecular formula is C18H24N2O3. The summed E-state index contributed by atoms with van der Waals surface area (Å²) in [6.07, 6.45) is 5.51. The number of hydrogen-bond donors (Lipinski definition) is 2. The number of rotatable bonds is 4. The highest BCUT2D eigenvalue weighted by atomic mass is 16.5. The Morgan fingerprint density at radius 3 is 2.57 bits per heavy atom. The summed E-state index contributed by atoms with van der Waals surface area (Å²) in [5.74, 6) is 3.48. The lowest BCUT2D eigenvalue weighted by molar-refractivity contribution is 0.133. The second-order valence-electron chi connectivity index (χ2n) is 7.03. The molecule has 4 rings (SSSR count). The number of amides is 2. The van der Waals surface area contributed by atoms with Crippen molar-refractivity contribution < 1.29 is 14.3 Å². The van der Waals surface area contributed by atoms with Crippen LogP contribution in [0.4, 0.5) is 4.79 Å². The molecule has 5 nitrogen and oxygen atoms in total. The van der Waals surface area contributed by atoms with Gasteiger partial charge in [0.2, 0.25) is 0 Å². The normalized spacial score (nSPS) is 30.0. The first-order valence-corrected chi connectivity index (χ1v) is 8.59. The largest absolute Gasteiger partial charge is 0.493 e. The summed E-state index contributed by atoms with van der Waals surface area (Å²) in [6, 6.07) is 6.05. The molecule has 23 heavy (non-hydrogen) atoms. The first kappa shape index (κ1) is 14.7. The molecule has 0 aromatic heterocycles. The highest BCUT2D eigenvalue weighted by molar-refractivity contribution is 5.75. The SMILES string of the molecule is COc1ccc(C2CNC(=O)NC2)cc1O[C@H]1C[C@@H]2CCC1C2. The molecule has 5 heteroatoms. The summed E-state index contributed by atoms with van der Waals surface area (Å²) in [5, 5.41) is 5.70. The van der Waals surface area contributed by atoms with Gasteiger partial charge in [-0.25, -0.2) is 4.79 Å². The molecule has 2 aliphatic carbocycles. The number of carbonyl (C=O) groups excluding carboxylic acids is 1. The zero-order valence-corrected chi connectivity index (χ0v) is 13.5. The molecule has 3 aliphatic rings.